The molecule has 1 saturated carbocycles. The van der Waals surface area contributed by atoms with Gasteiger partial charge in [0.25, 0.3) is 5.91 Å². The zero-order chi connectivity index (χ0) is 17.2. The number of nitrogens with zero attached hydrogens (tertiary/aromatic N) is 3. The van der Waals surface area contributed by atoms with E-state index in [2.05, 4.69) is 5.10 Å². The molecule has 0 bridgehead atoms. The largest absolute Gasteiger partial charge is 0.381 e. The molecular formula is C19H23N3O3. The maximum Gasteiger partial charge on any atom is 0.270 e. The lowest BCUT2D eigenvalue weighted by Gasteiger charge is -2.28. The van der Waals surface area contributed by atoms with E-state index < -0.39 is 0 Å². The number of benzene rings is 1. The number of hydrazone groups is 1. The predicted octanol–water partition coefficient (Wildman–Crippen LogP) is 2.20. The summed E-state index contributed by atoms with van der Waals surface area (Å²) in [6.07, 6.45) is 3.88. The number of rotatable bonds is 5. The molecule has 25 heavy (non-hydrogen) atoms. The molecule has 6 nitrogen and oxygen atoms in total. The second-order valence-electron chi connectivity index (χ2n) is 7.01. The number of para-hydroxylation sites is 1. The summed E-state index contributed by atoms with van der Waals surface area (Å²) in [6.45, 7) is 2.26. The van der Waals surface area contributed by atoms with E-state index >= 15 is 0 Å². The molecule has 2 aliphatic heterocycles. The molecule has 3 aliphatic rings. The van der Waals surface area contributed by atoms with Crippen molar-refractivity contribution >= 4 is 23.2 Å². The molecule has 1 aromatic rings. The Morgan fingerprint density at radius 2 is 2.00 bits per heavy atom. The molecule has 1 aliphatic carbocycles. The zero-order valence-electron chi connectivity index (χ0n) is 14.3. The summed E-state index contributed by atoms with van der Waals surface area (Å²) in [6, 6.07) is 9.63. The summed E-state index contributed by atoms with van der Waals surface area (Å²) in [5, 5.41) is 5.79. The molecule has 1 atom stereocenters. The van der Waals surface area contributed by atoms with Crippen LogP contribution in [0, 0.1) is 5.92 Å². The molecule has 0 aromatic heterocycles. The van der Waals surface area contributed by atoms with E-state index in [-0.39, 0.29) is 11.8 Å². The highest BCUT2D eigenvalue weighted by Gasteiger charge is 2.38. The molecule has 0 spiro atoms. The van der Waals surface area contributed by atoms with Crippen molar-refractivity contribution < 1.29 is 14.3 Å². The van der Waals surface area contributed by atoms with Crippen molar-refractivity contribution in [1.82, 2.24) is 4.90 Å². The first-order chi connectivity index (χ1) is 12.2. The predicted molar refractivity (Wildman–Crippen MR) is 94.3 cm³/mol. The van der Waals surface area contributed by atoms with Crippen LogP contribution in [0.15, 0.2) is 35.4 Å². The summed E-state index contributed by atoms with van der Waals surface area (Å²) in [7, 11) is 0. The van der Waals surface area contributed by atoms with Crippen LogP contribution in [-0.2, 0) is 14.3 Å². The van der Waals surface area contributed by atoms with Gasteiger partial charge in [-0.25, -0.2) is 5.01 Å². The highest BCUT2D eigenvalue weighted by molar-refractivity contribution is 6.40. The monoisotopic (exact) mass is 341 g/mol. The normalized spacial score (nSPS) is 23.5. The minimum absolute atomic E-state index is 0.0113. The lowest BCUT2D eigenvalue weighted by atomic mass is 10.1. The quantitative estimate of drug-likeness (QED) is 0.825. The van der Waals surface area contributed by atoms with Gasteiger partial charge >= 0.3 is 0 Å². The Balaban J connectivity index is 1.54. The van der Waals surface area contributed by atoms with Crippen LogP contribution in [0.25, 0.3) is 0 Å². The van der Waals surface area contributed by atoms with E-state index in [0.29, 0.717) is 36.2 Å². The zero-order valence-corrected chi connectivity index (χ0v) is 14.3. The van der Waals surface area contributed by atoms with Crippen LogP contribution >= 0.6 is 0 Å². The van der Waals surface area contributed by atoms with Crippen molar-refractivity contribution in [3.63, 3.8) is 0 Å². The molecule has 132 valence electrons. The molecule has 1 aromatic carbocycles. The van der Waals surface area contributed by atoms with Crippen LogP contribution in [0.3, 0.4) is 0 Å². The van der Waals surface area contributed by atoms with E-state index in [1.165, 1.54) is 5.01 Å². The fourth-order valence-corrected chi connectivity index (χ4v) is 3.43. The minimum Gasteiger partial charge on any atom is -0.381 e. The molecule has 0 unspecified atom stereocenters. The number of hydrogen-bond donors (Lipinski definition) is 0. The molecule has 4 rings (SSSR count). The third-order valence-electron chi connectivity index (χ3n) is 5.01. The van der Waals surface area contributed by atoms with Gasteiger partial charge in [-0.3, -0.25) is 9.59 Å². The van der Waals surface area contributed by atoms with Gasteiger partial charge in [0.1, 0.15) is 5.71 Å². The van der Waals surface area contributed by atoms with Crippen molar-refractivity contribution in [2.45, 2.75) is 38.1 Å². The first-order valence-electron chi connectivity index (χ1n) is 9.06. The van der Waals surface area contributed by atoms with Crippen molar-refractivity contribution in [2.24, 2.45) is 11.0 Å². The van der Waals surface area contributed by atoms with Crippen LogP contribution < -0.4 is 5.01 Å². The smallest absolute Gasteiger partial charge is 0.270 e. The van der Waals surface area contributed by atoms with E-state index in [9.17, 15) is 9.59 Å². The second kappa shape index (κ2) is 6.96. The van der Waals surface area contributed by atoms with Gasteiger partial charge in [0, 0.05) is 38.0 Å². The van der Waals surface area contributed by atoms with Crippen molar-refractivity contribution in [3.8, 4) is 0 Å². The summed E-state index contributed by atoms with van der Waals surface area (Å²) in [5.41, 5.74) is 1.20. The fraction of sp³-hybridized carbons (Fsp3) is 0.526. The SMILES string of the molecule is O=C1CCC(C(=O)N(C[C@H]2CCOC2)C2CC2)=NN1c1ccccc1. The van der Waals surface area contributed by atoms with Crippen molar-refractivity contribution in [3.05, 3.63) is 30.3 Å². The molecule has 0 N–H and O–H groups in total. The van der Waals surface area contributed by atoms with Gasteiger partial charge < -0.3 is 9.64 Å². The summed E-state index contributed by atoms with van der Waals surface area (Å²) >= 11 is 0. The van der Waals surface area contributed by atoms with Crippen LogP contribution in [0.2, 0.25) is 0 Å². The Morgan fingerprint density at radius 1 is 1.20 bits per heavy atom. The minimum atomic E-state index is -0.0649. The van der Waals surface area contributed by atoms with E-state index in [4.69, 9.17) is 4.74 Å². The molecule has 2 heterocycles. The Kier molecular flexibility index (Phi) is 4.53. The standard InChI is InChI=1S/C19H23N3O3/c23-18-9-8-17(20-22(18)16-4-2-1-3-5-16)19(24)21(15-6-7-15)12-14-10-11-25-13-14/h1-5,14-15H,6-13H2/t14-/m1/s1. The van der Waals surface area contributed by atoms with E-state index in [1.54, 1.807) is 0 Å². The van der Waals surface area contributed by atoms with Crippen molar-refractivity contribution in [1.29, 1.82) is 0 Å². The number of hydrogen-bond acceptors (Lipinski definition) is 4. The number of ether oxygens (including phenoxy) is 1. The van der Waals surface area contributed by atoms with Gasteiger partial charge in [-0.2, -0.15) is 5.10 Å². The number of carbonyl (C=O) groups is 2. The third-order valence-corrected chi connectivity index (χ3v) is 5.01. The van der Waals surface area contributed by atoms with E-state index in [0.717, 1.165) is 39.0 Å². The fourth-order valence-electron chi connectivity index (χ4n) is 3.43. The summed E-state index contributed by atoms with van der Waals surface area (Å²) < 4.78 is 5.45. The Hall–Kier alpha value is -2.21. The molecule has 6 heteroatoms. The van der Waals surface area contributed by atoms with Gasteiger partial charge in [-0.1, -0.05) is 18.2 Å². The molecule has 2 amide bonds. The number of carbonyl (C=O) groups excluding carboxylic acids is 2. The van der Waals surface area contributed by atoms with Crippen LogP contribution in [0.5, 0.6) is 0 Å². The lowest BCUT2D eigenvalue weighted by Crippen LogP contribution is -2.44. The highest BCUT2D eigenvalue weighted by atomic mass is 16.5. The van der Waals surface area contributed by atoms with Gasteiger partial charge in [0.05, 0.1) is 12.3 Å². The topological polar surface area (TPSA) is 62.2 Å². The first-order valence-corrected chi connectivity index (χ1v) is 9.06. The molecule has 1 saturated heterocycles. The maximum absolute atomic E-state index is 13.1. The van der Waals surface area contributed by atoms with Crippen LogP contribution in [0.1, 0.15) is 32.1 Å². The van der Waals surface area contributed by atoms with Gasteiger partial charge in [0.15, 0.2) is 0 Å². The number of amides is 2. The third kappa shape index (κ3) is 3.58. The summed E-state index contributed by atoms with van der Waals surface area (Å²) in [4.78, 5) is 27.3. The Labute approximate surface area is 147 Å². The molecule has 0 radical (unpaired) electrons. The molecular weight excluding hydrogens is 318 g/mol. The number of anilines is 1. The van der Waals surface area contributed by atoms with Gasteiger partial charge in [-0.05, 0) is 31.4 Å². The maximum atomic E-state index is 13.1. The average Bonchev–Trinajstić information content (AvgIpc) is 3.36. The lowest BCUT2D eigenvalue weighted by molar-refractivity contribution is -0.125. The summed E-state index contributed by atoms with van der Waals surface area (Å²) in [5.74, 6) is 0.341. The Morgan fingerprint density at radius 3 is 2.68 bits per heavy atom. The van der Waals surface area contributed by atoms with Crippen LogP contribution in [-0.4, -0.2) is 48.2 Å². The van der Waals surface area contributed by atoms with Crippen LogP contribution in [0.4, 0.5) is 5.69 Å². The van der Waals surface area contributed by atoms with Crippen molar-refractivity contribution in [2.75, 3.05) is 24.8 Å². The molecule has 2 fully saturated rings. The van der Waals surface area contributed by atoms with Gasteiger partial charge in [-0.15, -0.1) is 0 Å². The first kappa shape index (κ1) is 16.3. The highest BCUT2D eigenvalue weighted by Crippen LogP contribution is 2.30. The van der Waals surface area contributed by atoms with Gasteiger partial charge in [0.2, 0.25) is 5.91 Å². The average molecular weight is 341 g/mol. The second-order valence-corrected chi connectivity index (χ2v) is 7.01. The Bertz CT molecular complexity index is 678. The van der Waals surface area contributed by atoms with E-state index in [1.807, 2.05) is 35.2 Å².